The second kappa shape index (κ2) is 8.61. The third kappa shape index (κ3) is 6.14. The molecule has 0 saturated carbocycles. The topological polar surface area (TPSA) is 68.2 Å². The minimum absolute atomic E-state index is 0.113. The number of amides is 1. The van der Waals surface area contributed by atoms with E-state index in [-0.39, 0.29) is 29.8 Å². The SMILES string of the molecule is C=C(C#N)CCNC(=O)c1cc(C(F)(F)F)ccc1NSN(C)C. The number of carbonyl (C=O) groups is 1. The number of nitriles is 1. The first-order valence-corrected chi connectivity index (χ1v) is 7.60. The zero-order valence-corrected chi connectivity index (χ0v) is 14.0. The van der Waals surface area contributed by atoms with Crippen molar-refractivity contribution in [3.05, 3.63) is 41.5 Å². The van der Waals surface area contributed by atoms with Gasteiger partial charge in [0.05, 0.1) is 22.9 Å². The lowest BCUT2D eigenvalue weighted by Gasteiger charge is -2.16. The number of anilines is 1. The average molecular weight is 358 g/mol. The Labute approximate surface area is 142 Å². The van der Waals surface area contributed by atoms with Gasteiger partial charge in [-0.15, -0.1) is 0 Å². The number of benzene rings is 1. The molecule has 0 aliphatic rings. The first kappa shape index (κ1) is 19.9. The molecule has 1 aromatic carbocycles. The van der Waals surface area contributed by atoms with Crippen molar-refractivity contribution in [2.45, 2.75) is 12.6 Å². The van der Waals surface area contributed by atoms with E-state index < -0.39 is 17.6 Å². The molecule has 0 radical (unpaired) electrons. The molecule has 0 saturated heterocycles. The Kier molecular flexibility index (Phi) is 7.13. The van der Waals surface area contributed by atoms with Gasteiger partial charge in [0.15, 0.2) is 0 Å². The number of nitrogens with one attached hydrogen (secondary N) is 2. The lowest BCUT2D eigenvalue weighted by atomic mass is 10.1. The van der Waals surface area contributed by atoms with Crippen LogP contribution in [0.1, 0.15) is 22.3 Å². The van der Waals surface area contributed by atoms with E-state index in [0.717, 1.165) is 24.3 Å². The van der Waals surface area contributed by atoms with E-state index in [1.807, 2.05) is 6.07 Å². The summed E-state index contributed by atoms with van der Waals surface area (Å²) in [6.45, 7) is 3.59. The van der Waals surface area contributed by atoms with Crippen molar-refractivity contribution in [1.29, 1.82) is 5.26 Å². The number of hydrogen-bond acceptors (Lipinski definition) is 5. The van der Waals surface area contributed by atoms with Gasteiger partial charge in [0.2, 0.25) is 0 Å². The van der Waals surface area contributed by atoms with E-state index >= 15 is 0 Å². The highest BCUT2D eigenvalue weighted by molar-refractivity contribution is 7.98. The quantitative estimate of drug-likeness (QED) is 0.577. The zero-order valence-electron chi connectivity index (χ0n) is 13.2. The molecule has 1 rings (SSSR count). The molecule has 0 aromatic heterocycles. The van der Waals surface area contributed by atoms with Crippen molar-refractivity contribution in [2.75, 3.05) is 25.4 Å². The molecule has 0 bridgehead atoms. The highest BCUT2D eigenvalue weighted by atomic mass is 32.2. The van der Waals surface area contributed by atoms with Gasteiger partial charge in [-0.1, -0.05) is 6.58 Å². The number of rotatable bonds is 7. The Morgan fingerprint density at radius 2 is 2.08 bits per heavy atom. The number of carbonyl (C=O) groups excluding carboxylic acids is 1. The monoisotopic (exact) mass is 358 g/mol. The highest BCUT2D eigenvalue weighted by Gasteiger charge is 2.31. The Balaban J connectivity index is 2.99. The van der Waals surface area contributed by atoms with Gasteiger partial charge in [0.1, 0.15) is 0 Å². The maximum Gasteiger partial charge on any atom is 0.416 e. The van der Waals surface area contributed by atoms with Crippen molar-refractivity contribution in [1.82, 2.24) is 9.62 Å². The molecule has 24 heavy (non-hydrogen) atoms. The Bertz CT molecular complexity index is 653. The molecule has 0 unspecified atom stereocenters. The summed E-state index contributed by atoms with van der Waals surface area (Å²) in [7, 11) is 3.49. The zero-order chi connectivity index (χ0) is 18.3. The minimum atomic E-state index is -4.54. The van der Waals surface area contributed by atoms with Gasteiger partial charge in [-0.05, 0) is 38.7 Å². The van der Waals surface area contributed by atoms with Crippen LogP contribution in [0.3, 0.4) is 0 Å². The predicted molar refractivity (Wildman–Crippen MR) is 88.0 cm³/mol. The molecule has 1 aromatic rings. The van der Waals surface area contributed by atoms with Gasteiger partial charge in [-0.2, -0.15) is 18.4 Å². The lowest BCUT2D eigenvalue weighted by Crippen LogP contribution is -2.26. The van der Waals surface area contributed by atoms with Gasteiger partial charge >= 0.3 is 6.18 Å². The molecular weight excluding hydrogens is 341 g/mol. The Hall–Kier alpha value is -2.18. The molecule has 0 aliphatic heterocycles. The van der Waals surface area contributed by atoms with E-state index in [4.69, 9.17) is 5.26 Å². The summed E-state index contributed by atoms with van der Waals surface area (Å²) in [4.78, 5) is 12.2. The fraction of sp³-hybridized carbons (Fsp3) is 0.333. The van der Waals surface area contributed by atoms with Crippen LogP contribution in [-0.2, 0) is 6.18 Å². The van der Waals surface area contributed by atoms with Crippen LogP contribution >= 0.6 is 12.1 Å². The number of halogens is 3. The first-order valence-electron chi connectivity index (χ1n) is 6.82. The number of hydrogen-bond donors (Lipinski definition) is 2. The summed E-state index contributed by atoms with van der Waals surface area (Å²) in [5, 5.41) is 11.1. The van der Waals surface area contributed by atoms with Crippen LogP contribution in [0.4, 0.5) is 18.9 Å². The molecule has 0 spiro atoms. The molecule has 0 fully saturated rings. The second-order valence-corrected chi connectivity index (χ2v) is 6.10. The van der Waals surface area contributed by atoms with Crippen LogP contribution in [-0.4, -0.2) is 30.9 Å². The van der Waals surface area contributed by atoms with Crippen molar-refractivity contribution >= 4 is 23.7 Å². The summed E-state index contributed by atoms with van der Waals surface area (Å²) in [5.41, 5.74) is -0.490. The van der Waals surface area contributed by atoms with Crippen LogP contribution < -0.4 is 10.0 Å². The van der Waals surface area contributed by atoms with Crippen LogP contribution in [0.15, 0.2) is 30.4 Å². The van der Waals surface area contributed by atoms with Gasteiger partial charge in [-0.3, -0.25) is 4.79 Å². The number of nitrogens with zero attached hydrogens (tertiary/aromatic N) is 2. The predicted octanol–water partition coefficient (Wildman–Crippen LogP) is 3.44. The van der Waals surface area contributed by atoms with Crippen molar-refractivity contribution in [3.8, 4) is 6.07 Å². The minimum Gasteiger partial charge on any atom is -0.352 e. The van der Waals surface area contributed by atoms with E-state index in [9.17, 15) is 18.0 Å². The maximum atomic E-state index is 12.9. The smallest absolute Gasteiger partial charge is 0.352 e. The van der Waals surface area contributed by atoms with Crippen LogP contribution in [0.5, 0.6) is 0 Å². The summed E-state index contributed by atoms with van der Waals surface area (Å²) < 4.78 is 43.1. The molecule has 2 N–H and O–H groups in total. The summed E-state index contributed by atoms with van der Waals surface area (Å²) >= 11 is 1.13. The van der Waals surface area contributed by atoms with Gasteiger partial charge in [0, 0.05) is 24.3 Å². The maximum absolute atomic E-state index is 12.9. The Morgan fingerprint density at radius 3 is 2.62 bits per heavy atom. The third-order valence-electron chi connectivity index (χ3n) is 2.80. The summed E-state index contributed by atoms with van der Waals surface area (Å²) in [6.07, 6.45) is -4.31. The molecule has 0 atom stereocenters. The van der Waals surface area contributed by atoms with E-state index in [1.54, 1.807) is 18.4 Å². The van der Waals surface area contributed by atoms with Crippen LogP contribution in [0.2, 0.25) is 0 Å². The molecule has 0 heterocycles. The fourth-order valence-electron chi connectivity index (χ4n) is 1.62. The van der Waals surface area contributed by atoms with Crippen LogP contribution in [0, 0.1) is 11.3 Å². The molecular formula is C15H17F3N4OS. The molecule has 130 valence electrons. The average Bonchev–Trinajstić information content (AvgIpc) is 2.51. The van der Waals surface area contributed by atoms with Crippen molar-refractivity contribution < 1.29 is 18.0 Å². The van der Waals surface area contributed by atoms with E-state index in [0.29, 0.717) is 0 Å². The molecule has 1 amide bonds. The normalized spacial score (nSPS) is 11.0. The van der Waals surface area contributed by atoms with Crippen LogP contribution in [0.25, 0.3) is 0 Å². The lowest BCUT2D eigenvalue weighted by molar-refractivity contribution is -0.137. The third-order valence-corrected chi connectivity index (χ3v) is 3.48. The molecule has 5 nitrogen and oxygen atoms in total. The molecule has 0 aliphatic carbocycles. The largest absolute Gasteiger partial charge is 0.416 e. The van der Waals surface area contributed by atoms with Gasteiger partial charge in [0.25, 0.3) is 5.91 Å². The van der Waals surface area contributed by atoms with E-state index in [2.05, 4.69) is 16.6 Å². The van der Waals surface area contributed by atoms with Crippen molar-refractivity contribution in [2.24, 2.45) is 0 Å². The molecule has 9 heteroatoms. The van der Waals surface area contributed by atoms with Crippen molar-refractivity contribution in [3.63, 3.8) is 0 Å². The Morgan fingerprint density at radius 1 is 1.42 bits per heavy atom. The van der Waals surface area contributed by atoms with E-state index in [1.165, 1.54) is 6.07 Å². The van der Waals surface area contributed by atoms with Gasteiger partial charge in [-0.25, -0.2) is 4.31 Å². The highest BCUT2D eigenvalue weighted by Crippen LogP contribution is 2.32. The first-order chi connectivity index (χ1) is 11.1. The summed E-state index contributed by atoms with van der Waals surface area (Å²) in [6, 6.07) is 4.75. The summed E-state index contributed by atoms with van der Waals surface area (Å²) in [5.74, 6) is -0.659. The fourth-order valence-corrected chi connectivity index (χ4v) is 2.07. The number of alkyl halides is 3. The standard InChI is InChI=1S/C15H17F3N4OS/c1-10(9-19)6-7-20-14(23)12-8-11(15(16,17)18)4-5-13(12)21-24-22(2)3/h4-5,8,21H,1,6-7H2,2-3H3,(H,20,23). The second-order valence-electron chi connectivity index (χ2n) is 4.99. The van der Waals surface area contributed by atoms with Gasteiger partial charge < -0.3 is 10.0 Å².